The molecule has 0 amide bonds. The molecule has 1 aromatic carbocycles. The number of hydrogen-bond donors (Lipinski definition) is 1. The molecule has 0 unspecified atom stereocenters. The Bertz CT molecular complexity index is 418. The Labute approximate surface area is 115 Å². The Morgan fingerprint density at radius 2 is 2.11 bits per heavy atom. The van der Waals surface area contributed by atoms with E-state index >= 15 is 0 Å². The SMILES string of the molecule is CCc1cccc(C)c1N[C@@H](C)C(=O)OCCOC. The zero-order valence-electron chi connectivity index (χ0n) is 12.2. The van der Waals surface area contributed by atoms with Crippen LogP contribution in [0.15, 0.2) is 18.2 Å². The lowest BCUT2D eigenvalue weighted by Crippen LogP contribution is -2.29. The fraction of sp³-hybridized carbons (Fsp3) is 0.533. The summed E-state index contributed by atoms with van der Waals surface area (Å²) in [4.78, 5) is 11.8. The van der Waals surface area contributed by atoms with Gasteiger partial charge in [-0.25, -0.2) is 4.79 Å². The highest BCUT2D eigenvalue weighted by Gasteiger charge is 2.16. The van der Waals surface area contributed by atoms with Crippen LogP contribution in [0.2, 0.25) is 0 Å². The minimum absolute atomic E-state index is 0.262. The van der Waals surface area contributed by atoms with Gasteiger partial charge in [0, 0.05) is 12.8 Å². The fourth-order valence-corrected chi connectivity index (χ4v) is 1.86. The molecule has 1 N–H and O–H groups in total. The third-order valence-corrected chi connectivity index (χ3v) is 2.99. The molecule has 1 atom stereocenters. The second kappa shape index (κ2) is 7.79. The number of para-hydroxylation sites is 1. The first kappa shape index (κ1) is 15.5. The number of aryl methyl sites for hydroxylation is 2. The van der Waals surface area contributed by atoms with E-state index in [0.29, 0.717) is 6.61 Å². The molecular weight excluding hydrogens is 242 g/mol. The van der Waals surface area contributed by atoms with Crippen LogP contribution in [-0.4, -0.2) is 32.3 Å². The van der Waals surface area contributed by atoms with Crippen molar-refractivity contribution in [1.29, 1.82) is 0 Å². The van der Waals surface area contributed by atoms with Crippen LogP contribution in [0.3, 0.4) is 0 Å². The van der Waals surface area contributed by atoms with Gasteiger partial charge in [0.05, 0.1) is 6.61 Å². The highest BCUT2D eigenvalue weighted by atomic mass is 16.6. The highest BCUT2D eigenvalue weighted by molar-refractivity contribution is 5.79. The van der Waals surface area contributed by atoms with Gasteiger partial charge in [-0.1, -0.05) is 25.1 Å². The normalized spacial score (nSPS) is 12.0. The number of anilines is 1. The predicted molar refractivity (Wildman–Crippen MR) is 76.5 cm³/mol. The van der Waals surface area contributed by atoms with Gasteiger partial charge in [0.25, 0.3) is 0 Å². The molecule has 0 spiro atoms. The second-order valence-corrected chi connectivity index (χ2v) is 4.49. The highest BCUT2D eigenvalue weighted by Crippen LogP contribution is 2.22. The van der Waals surface area contributed by atoms with Gasteiger partial charge in [0.2, 0.25) is 0 Å². The van der Waals surface area contributed by atoms with Gasteiger partial charge in [0.15, 0.2) is 0 Å². The number of carbonyl (C=O) groups is 1. The molecule has 0 aromatic heterocycles. The molecule has 4 heteroatoms. The van der Waals surface area contributed by atoms with Gasteiger partial charge in [-0.3, -0.25) is 0 Å². The Kier molecular flexibility index (Phi) is 6.36. The van der Waals surface area contributed by atoms with Crippen LogP contribution in [0.1, 0.15) is 25.0 Å². The van der Waals surface area contributed by atoms with Gasteiger partial charge < -0.3 is 14.8 Å². The van der Waals surface area contributed by atoms with E-state index in [9.17, 15) is 4.79 Å². The van der Waals surface area contributed by atoms with Crippen LogP contribution in [0, 0.1) is 6.92 Å². The number of carbonyl (C=O) groups excluding carboxylic acids is 1. The molecule has 0 heterocycles. The van der Waals surface area contributed by atoms with E-state index in [4.69, 9.17) is 9.47 Å². The second-order valence-electron chi connectivity index (χ2n) is 4.49. The van der Waals surface area contributed by atoms with Gasteiger partial charge in [0.1, 0.15) is 12.6 Å². The van der Waals surface area contributed by atoms with Crippen molar-refractivity contribution in [2.45, 2.75) is 33.2 Å². The molecule has 0 aliphatic heterocycles. The summed E-state index contributed by atoms with van der Waals surface area (Å²) < 4.78 is 9.95. The maximum atomic E-state index is 11.8. The molecule has 0 saturated heterocycles. The Balaban J connectivity index is 2.66. The van der Waals surface area contributed by atoms with E-state index in [-0.39, 0.29) is 18.6 Å². The van der Waals surface area contributed by atoms with Crippen molar-refractivity contribution in [2.24, 2.45) is 0 Å². The average Bonchev–Trinajstić information content (AvgIpc) is 2.41. The quantitative estimate of drug-likeness (QED) is 0.608. The first-order valence-corrected chi connectivity index (χ1v) is 6.60. The number of esters is 1. The molecular formula is C15H23NO3. The topological polar surface area (TPSA) is 47.6 Å². The predicted octanol–water partition coefficient (Wildman–Crippen LogP) is 2.55. The molecule has 0 aliphatic carbocycles. The third-order valence-electron chi connectivity index (χ3n) is 2.99. The Morgan fingerprint density at radius 3 is 2.74 bits per heavy atom. The summed E-state index contributed by atoms with van der Waals surface area (Å²) >= 11 is 0. The van der Waals surface area contributed by atoms with Crippen LogP contribution in [0.25, 0.3) is 0 Å². The van der Waals surface area contributed by atoms with Crippen molar-refractivity contribution in [3.63, 3.8) is 0 Å². The van der Waals surface area contributed by atoms with E-state index in [0.717, 1.165) is 17.7 Å². The summed E-state index contributed by atoms with van der Waals surface area (Å²) in [5.74, 6) is -0.262. The van der Waals surface area contributed by atoms with Gasteiger partial charge >= 0.3 is 5.97 Å². The van der Waals surface area contributed by atoms with Gasteiger partial charge in [-0.05, 0) is 31.4 Å². The lowest BCUT2D eigenvalue weighted by Gasteiger charge is -2.18. The number of nitrogens with one attached hydrogen (secondary N) is 1. The lowest BCUT2D eigenvalue weighted by atomic mass is 10.1. The maximum absolute atomic E-state index is 11.8. The largest absolute Gasteiger partial charge is 0.462 e. The molecule has 1 aromatic rings. The van der Waals surface area contributed by atoms with E-state index in [1.807, 2.05) is 19.1 Å². The Morgan fingerprint density at radius 1 is 1.37 bits per heavy atom. The van der Waals surface area contributed by atoms with Crippen molar-refractivity contribution in [3.05, 3.63) is 29.3 Å². The zero-order valence-corrected chi connectivity index (χ0v) is 12.2. The summed E-state index contributed by atoms with van der Waals surface area (Å²) in [7, 11) is 1.58. The van der Waals surface area contributed by atoms with E-state index in [1.54, 1.807) is 14.0 Å². The molecule has 0 aliphatic rings. The van der Waals surface area contributed by atoms with Crippen LogP contribution >= 0.6 is 0 Å². The summed E-state index contributed by atoms with van der Waals surface area (Å²) in [6.07, 6.45) is 0.926. The van der Waals surface area contributed by atoms with Crippen LogP contribution in [0.4, 0.5) is 5.69 Å². The van der Waals surface area contributed by atoms with Crippen molar-refractivity contribution in [1.82, 2.24) is 0 Å². The number of rotatable bonds is 7. The maximum Gasteiger partial charge on any atom is 0.328 e. The lowest BCUT2D eigenvalue weighted by molar-refractivity contribution is -0.145. The summed E-state index contributed by atoms with van der Waals surface area (Å²) in [6, 6.07) is 5.76. The van der Waals surface area contributed by atoms with Crippen molar-refractivity contribution in [2.75, 3.05) is 25.6 Å². The molecule has 0 fully saturated rings. The summed E-state index contributed by atoms with van der Waals surface area (Å²) in [5, 5.41) is 3.24. The zero-order chi connectivity index (χ0) is 14.3. The van der Waals surface area contributed by atoms with Crippen LogP contribution < -0.4 is 5.32 Å². The number of ether oxygens (including phenoxy) is 2. The van der Waals surface area contributed by atoms with E-state index in [1.165, 1.54) is 5.56 Å². The summed E-state index contributed by atoms with van der Waals surface area (Å²) in [6.45, 7) is 6.64. The minimum atomic E-state index is -0.372. The van der Waals surface area contributed by atoms with Crippen LogP contribution in [-0.2, 0) is 20.7 Å². The van der Waals surface area contributed by atoms with Gasteiger partial charge in [-0.15, -0.1) is 0 Å². The first-order chi connectivity index (χ1) is 9.10. The van der Waals surface area contributed by atoms with Crippen molar-refractivity contribution < 1.29 is 14.3 Å². The standard InChI is InChI=1S/C15H23NO3/c1-5-13-8-6-7-11(2)14(13)16-12(3)15(17)19-10-9-18-4/h6-8,12,16H,5,9-10H2,1-4H3/t12-/m0/s1. The third kappa shape index (κ3) is 4.56. The average molecular weight is 265 g/mol. The number of methoxy groups -OCH3 is 1. The summed E-state index contributed by atoms with van der Waals surface area (Å²) in [5.41, 5.74) is 3.37. The van der Waals surface area contributed by atoms with E-state index < -0.39 is 0 Å². The van der Waals surface area contributed by atoms with E-state index in [2.05, 4.69) is 18.3 Å². The molecule has 0 radical (unpaired) electrons. The van der Waals surface area contributed by atoms with Crippen molar-refractivity contribution in [3.8, 4) is 0 Å². The molecule has 4 nitrogen and oxygen atoms in total. The molecule has 106 valence electrons. The van der Waals surface area contributed by atoms with Crippen molar-refractivity contribution >= 4 is 11.7 Å². The fourth-order valence-electron chi connectivity index (χ4n) is 1.86. The van der Waals surface area contributed by atoms with Gasteiger partial charge in [-0.2, -0.15) is 0 Å². The Hall–Kier alpha value is -1.55. The molecule has 0 saturated carbocycles. The monoisotopic (exact) mass is 265 g/mol. The molecule has 1 rings (SSSR count). The molecule has 0 bridgehead atoms. The first-order valence-electron chi connectivity index (χ1n) is 6.60. The molecule has 19 heavy (non-hydrogen) atoms. The minimum Gasteiger partial charge on any atom is -0.462 e. The van der Waals surface area contributed by atoms with Crippen LogP contribution in [0.5, 0.6) is 0 Å². The number of benzene rings is 1. The number of hydrogen-bond acceptors (Lipinski definition) is 4. The smallest absolute Gasteiger partial charge is 0.328 e.